The van der Waals surface area contributed by atoms with Crippen LogP contribution in [-0.4, -0.2) is 19.3 Å². The van der Waals surface area contributed by atoms with Gasteiger partial charge in [0.15, 0.2) is 0 Å². The van der Waals surface area contributed by atoms with Crippen molar-refractivity contribution in [2.24, 2.45) is 0 Å². The topological polar surface area (TPSA) is 21.3 Å². The van der Waals surface area contributed by atoms with Gasteiger partial charge in [0.1, 0.15) is 5.82 Å². The first kappa shape index (κ1) is 12.5. The lowest BCUT2D eigenvalue weighted by atomic mass is 10.1. The van der Waals surface area contributed by atoms with Crippen LogP contribution in [0.2, 0.25) is 0 Å². The summed E-state index contributed by atoms with van der Waals surface area (Å²) >= 11 is 0. The third kappa shape index (κ3) is 3.79. The number of hydrogen-bond acceptors (Lipinski definition) is 2. The van der Waals surface area contributed by atoms with Crippen molar-refractivity contribution in [2.45, 2.75) is 38.3 Å². The van der Waals surface area contributed by atoms with Crippen LogP contribution in [0, 0.1) is 5.82 Å². The standard InChI is InChI=1S/C14H20FNO/c1-11(12-5-4-6-13(15)9-12)16-10-14-7-2-3-8-17-14/h4-6,9,11,14,16H,2-3,7-8,10H2,1H3. The van der Waals surface area contributed by atoms with Crippen LogP contribution in [0.4, 0.5) is 4.39 Å². The summed E-state index contributed by atoms with van der Waals surface area (Å²) in [7, 11) is 0. The van der Waals surface area contributed by atoms with Crippen LogP contribution in [-0.2, 0) is 4.74 Å². The molecule has 1 aliphatic rings. The highest BCUT2D eigenvalue weighted by molar-refractivity contribution is 5.19. The van der Waals surface area contributed by atoms with E-state index in [1.54, 1.807) is 12.1 Å². The molecule has 2 atom stereocenters. The molecule has 1 aliphatic heterocycles. The molecular formula is C14H20FNO. The number of halogens is 1. The van der Waals surface area contributed by atoms with E-state index in [-0.39, 0.29) is 11.9 Å². The Morgan fingerprint density at radius 3 is 3.06 bits per heavy atom. The van der Waals surface area contributed by atoms with Crippen LogP contribution in [0.3, 0.4) is 0 Å². The number of nitrogens with one attached hydrogen (secondary N) is 1. The van der Waals surface area contributed by atoms with Crippen LogP contribution in [0.25, 0.3) is 0 Å². The molecule has 1 fully saturated rings. The average Bonchev–Trinajstić information content (AvgIpc) is 2.37. The second kappa shape index (κ2) is 6.12. The molecule has 0 amide bonds. The van der Waals surface area contributed by atoms with Crippen molar-refractivity contribution >= 4 is 0 Å². The Hall–Kier alpha value is -0.930. The van der Waals surface area contributed by atoms with E-state index in [0.29, 0.717) is 6.10 Å². The quantitative estimate of drug-likeness (QED) is 0.869. The number of ether oxygens (including phenoxy) is 1. The van der Waals surface area contributed by atoms with Crippen molar-refractivity contribution in [1.82, 2.24) is 5.32 Å². The number of rotatable bonds is 4. The Morgan fingerprint density at radius 1 is 1.47 bits per heavy atom. The van der Waals surface area contributed by atoms with E-state index in [0.717, 1.165) is 25.1 Å². The summed E-state index contributed by atoms with van der Waals surface area (Å²) < 4.78 is 18.7. The predicted molar refractivity (Wildman–Crippen MR) is 66.4 cm³/mol. The molecule has 0 aliphatic carbocycles. The molecule has 0 bridgehead atoms. The summed E-state index contributed by atoms with van der Waals surface area (Å²) in [6.45, 7) is 3.77. The van der Waals surface area contributed by atoms with Crippen molar-refractivity contribution in [3.63, 3.8) is 0 Å². The average molecular weight is 237 g/mol. The molecule has 94 valence electrons. The van der Waals surface area contributed by atoms with E-state index in [2.05, 4.69) is 12.2 Å². The van der Waals surface area contributed by atoms with E-state index in [1.807, 2.05) is 6.07 Å². The number of benzene rings is 1. The zero-order valence-electron chi connectivity index (χ0n) is 10.3. The van der Waals surface area contributed by atoms with Gasteiger partial charge in [0.05, 0.1) is 6.10 Å². The molecule has 17 heavy (non-hydrogen) atoms. The second-order valence-electron chi connectivity index (χ2n) is 4.67. The van der Waals surface area contributed by atoms with Crippen LogP contribution in [0.1, 0.15) is 37.8 Å². The molecule has 3 heteroatoms. The van der Waals surface area contributed by atoms with Crippen molar-refractivity contribution in [1.29, 1.82) is 0 Å². The van der Waals surface area contributed by atoms with Gasteiger partial charge in [-0.1, -0.05) is 12.1 Å². The van der Waals surface area contributed by atoms with E-state index >= 15 is 0 Å². The second-order valence-corrected chi connectivity index (χ2v) is 4.67. The fourth-order valence-electron chi connectivity index (χ4n) is 2.17. The zero-order chi connectivity index (χ0) is 12.1. The summed E-state index contributed by atoms with van der Waals surface area (Å²) in [6, 6.07) is 6.92. The minimum Gasteiger partial charge on any atom is -0.377 e. The maximum absolute atomic E-state index is 13.1. The summed E-state index contributed by atoms with van der Waals surface area (Å²) in [5.41, 5.74) is 0.987. The smallest absolute Gasteiger partial charge is 0.123 e. The van der Waals surface area contributed by atoms with Gasteiger partial charge in [-0.25, -0.2) is 4.39 Å². The molecule has 1 heterocycles. The molecule has 2 unspecified atom stereocenters. The maximum Gasteiger partial charge on any atom is 0.123 e. The normalized spacial score (nSPS) is 22.4. The first-order valence-electron chi connectivity index (χ1n) is 6.36. The summed E-state index contributed by atoms with van der Waals surface area (Å²) in [5.74, 6) is -0.176. The van der Waals surface area contributed by atoms with E-state index < -0.39 is 0 Å². The molecular weight excluding hydrogens is 217 g/mol. The fourth-order valence-corrected chi connectivity index (χ4v) is 2.17. The summed E-state index contributed by atoms with van der Waals surface area (Å²) in [4.78, 5) is 0. The molecule has 1 saturated heterocycles. The van der Waals surface area contributed by atoms with Gasteiger partial charge in [-0.15, -0.1) is 0 Å². The lowest BCUT2D eigenvalue weighted by Gasteiger charge is -2.24. The molecule has 1 aromatic carbocycles. The SMILES string of the molecule is CC(NCC1CCCCO1)c1cccc(F)c1. The lowest BCUT2D eigenvalue weighted by molar-refractivity contribution is 0.0156. The molecule has 2 nitrogen and oxygen atoms in total. The van der Waals surface area contributed by atoms with Crippen LogP contribution >= 0.6 is 0 Å². The molecule has 1 aromatic rings. The highest BCUT2D eigenvalue weighted by Crippen LogP contribution is 2.16. The molecule has 0 saturated carbocycles. The number of hydrogen-bond donors (Lipinski definition) is 1. The minimum atomic E-state index is -0.176. The molecule has 0 spiro atoms. The van der Waals surface area contributed by atoms with Crippen molar-refractivity contribution in [3.05, 3.63) is 35.6 Å². The Morgan fingerprint density at radius 2 is 2.35 bits per heavy atom. The predicted octanol–water partition coefficient (Wildman–Crippen LogP) is 3.05. The van der Waals surface area contributed by atoms with Gasteiger partial charge >= 0.3 is 0 Å². The monoisotopic (exact) mass is 237 g/mol. The molecule has 0 radical (unpaired) electrons. The fraction of sp³-hybridized carbons (Fsp3) is 0.571. The van der Waals surface area contributed by atoms with Gasteiger partial charge < -0.3 is 10.1 Å². The van der Waals surface area contributed by atoms with Gasteiger partial charge in [0.25, 0.3) is 0 Å². The summed E-state index contributed by atoms with van der Waals surface area (Å²) in [6.07, 6.45) is 3.87. The summed E-state index contributed by atoms with van der Waals surface area (Å²) in [5, 5.41) is 3.40. The van der Waals surface area contributed by atoms with Crippen LogP contribution in [0.15, 0.2) is 24.3 Å². The minimum absolute atomic E-state index is 0.163. The lowest BCUT2D eigenvalue weighted by Crippen LogP contribution is -2.33. The van der Waals surface area contributed by atoms with E-state index in [9.17, 15) is 4.39 Å². The van der Waals surface area contributed by atoms with Gasteiger partial charge in [0.2, 0.25) is 0 Å². The van der Waals surface area contributed by atoms with Crippen molar-refractivity contribution < 1.29 is 9.13 Å². The highest BCUT2D eigenvalue weighted by atomic mass is 19.1. The Labute approximate surface area is 102 Å². The highest BCUT2D eigenvalue weighted by Gasteiger charge is 2.15. The van der Waals surface area contributed by atoms with Gasteiger partial charge in [0, 0.05) is 19.2 Å². The first-order valence-corrected chi connectivity index (χ1v) is 6.36. The Bertz CT molecular complexity index is 350. The maximum atomic E-state index is 13.1. The van der Waals surface area contributed by atoms with Gasteiger partial charge in [-0.05, 0) is 43.9 Å². The Kier molecular flexibility index (Phi) is 4.51. The largest absolute Gasteiger partial charge is 0.377 e. The van der Waals surface area contributed by atoms with Crippen LogP contribution < -0.4 is 5.32 Å². The molecule has 0 aromatic heterocycles. The third-order valence-corrected chi connectivity index (χ3v) is 3.27. The van der Waals surface area contributed by atoms with E-state index in [4.69, 9.17) is 4.74 Å². The molecule has 1 N–H and O–H groups in total. The van der Waals surface area contributed by atoms with Gasteiger partial charge in [-0.3, -0.25) is 0 Å². The van der Waals surface area contributed by atoms with E-state index in [1.165, 1.54) is 18.9 Å². The van der Waals surface area contributed by atoms with Crippen molar-refractivity contribution in [3.8, 4) is 0 Å². The first-order chi connectivity index (χ1) is 8.25. The van der Waals surface area contributed by atoms with Crippen molar-refractivity contribution in [2.75, 3.05) is 13.2 Å². The Balaban J connectivity index is 1.82. The van der Waals surface area contributed by atoms with Crippen LogP contribution in [0.5, 0.6) is 0 Å². The zero-order valence-corrected chi connectivity index (χ0v) is 10.3. The molecule has 2 rings (SSSR count). The van der Waals surface area contributed by atoms with Gasteiger partial charge in [-0.2, -0.15) is 0 Å². The third-order valence-electron chi connectivity index (χ3n) is 3.27.